The maximum atomic E-state index is 12.9. The fourth-order valence-corrected chi connectivity index (χ4v) is 7.64. The van der Waals surface area contributed by atoms with E-state index in [1.165, 1.54) is 25.7 Å². The lowest BCUT2D eigenvalue weighted by Crippen LogP contribution is -2.30. The van der Waals surface area contributed by atoms with Gasteiger partial charge in [-0.2, -0.15) is 0 Å². The molecule has 0 spiro atoms. The SMILES string of the molecule is CC/C=C\C/C=C\C/C=C\C/C=C\C/C=C\C/C=C\C/C=C\C/C=C\CCCCCCC(=O)OCC(COC(=O)CCCCCCC/C=C\CCCC)OC(=O)CCCCC/C=C\C/C=C\C/C=C\C/C=C\C/C=C\CC. The first kappa shape index (κ1) is 71.8. The van der Waals surface area contributed by atoms with Crippen molar-refractivity contribution in [3.63, 3.8) is 0 Å². The van der Waals surface area contributed by atoms with Crippen LogP contribution in [0.2, 0.25) is 0 Å². The van der Waals surface area contributed by atoms with Crippen molar-refractivity contribution in [1.82, 2.24) is 0 Å². The molecule has 0 aliphatic rings. The molecule has 77 heavy (non-hydrogen) atoms. The van der Waals surface area contributed by atoms with Crippen LogP contribution >= 0.6 is 0 Å². The highest BCUT2D eigenvalue weighted by Gasteiger charge is 2.19. The highest BCUT2D eigenvalue weighted by molar-refractivity contribution is 5.71. The van der Waals surface area contributed by atoms with Gasteiger partial charge in [0.05, 0.1) is 0 Å². The summed E-state index contributed by atoms with van der Waals surface area (Å²) in [5, 5.41) is 0. The van der Waals surface area contributed by atoms with Gasteiger partial charge >= 0.3 is 17.9 Å². The van der Waals surface area contributed by atoms with Gasteiger partial charge in [0.2, 0.25) is 0 Å². The highest BCUT2D eigenvalue weighted by atomic mass is 16.6. The van der Waals surface area contributed by atoms with E-state index < -0.39 is 6.10 Å². The Morgan fingerprint density at radius 1 is 0.273 bits per heavy atom. The molecule has 0 aromatic rings. The van der Waals surface area contributed by atoms with Gasteiger partial charge in [0.1, 0.15) is 13.2 Å². The number of allylic oxidation sites excluding steroid dienone is 28. The van der Waals surface area contributed by atoms with Crippen LogP contribution in [0.25, 0.3) is 0 Å². The normalized spacial score (nSPS) is 13.3. The van der Waals surface area contributed by atoms with E-state index in [1.54, 1.807) is 0 Å². The molecule has 6 heteroatoms. The molecule has 430 valence electrons. The van der Waals surface area contributed by atoms with Crippen LogP contribution in [0.1, 0.15) is 239 Å². The third kappa shape index (κ3) is 61.5. The average Bonchev–Trinajstić information content (AvgIpc) is 3.43. The van der Waals surface area contributed by atoms with Crippen molar-refractivity contribution in [3.05, 3.63) is 170 Å². The van der Waals surface area contributed by atoms with Crippen molar-refractivity contribution in [3.8, 4) is 0 Å². The Kier molecular flexibility index (Phi) is 59.0. The van der Waals surface area contributed by atoms with E-state index in [0.29, 0.717) is 19.3 Å². The molecule has 0 fully saturated rings. The van der Waals surface area contributed by atoms with Crippen molar-refractivity contribution < 1.29 is 28.6 Å². The highest BCUT2D eigenvalue weighted by Crippen LogP contribution is 2.13. The Balaban J connectivity index is 4.44. The second kappa shape index (κ2) is 63.3. The molecule has 0 aliphatic heterocycles. The minimum atomic E-state index is -0.819. The molecule has 0 aromatic heterocycles. The second-order valence-electron chi connectivity index (χ2n) is 19.5. The number of hydrogen-bond donors (Lipinski definition) is 0. The van der Waals surface area contributed by atoms with Crippen LogP contribution in [0, 0.1) is 0 Å². The summed E-state index contributed by atoms with van der Waals surface area (Å²) >= 11 is 0. The van der Waals surface area contributed by atoms with Crippen molar-refractivity contribution in [2.75, 3.05) is 13.2 Å². The molecule has 0 radical (unpaired) electrons. The topological polar surface area (TPSA) is 78.9 Å². The van der Waals surface area contributed by atoms with E-state index in [-0.39, 0.29) is 37.5 Å². The lowest BCUT2D eigenvalue weighted by atomic mass is 10.1. The van der Waals surface area contributed by atoms with Crippen LogP contribution in [-0.4, -0.2) is 37.2 Å². The zero-order valence-corrected chi connectivity index (χ0v) is 49.1. The molecule has 0 aliphatic carbocycles. The Bertz CT molecular complexity index is 1790. The Morgan fingerprint density at radius 2 is 0.506 bits per heavy atom. The number of hydrogen-bond acceptors (Lipinski definition) is 6. The monoisotopic (exact) mass is 1060 g/mol. The van der Waals surface area contributed by atoms with Crippen LogP contribution in [0.15, 0.2) is 170 Å². The summed E-state index contributed by atoms with van der Waals surface area (Å²) in [6.45, 7) is 6.30. The maximum absolute atomic E-state index is 12.9. The van der Waals surface area contributed by atoms with Crippen LogP contribution in [0.4, 0.5) is 0 Å². The van der Waals surface area contributed by atoms with Gasteiger partial charge in [-0.25, -0.2) is 0 Å². The average molecular weight is 1060 g/mol. The van der Waals surface area contributed by atoms with Crippen LogP contribution < -0.4 is 0 Å². The number of unbranched alkanes of at least 4 members (excludes halogenated alkanes) is 14. The number of carbonyl (C=O) groups is 3. The van der Waals surface area contributed by atoms with Crippen molar-refractivity contribution in [2.24, 2.45) is 0 Å². The summed E-state index contributed by atoms with van der Waals surface area (Å²) in [6, 6.07) is 0. The van der Waals surface area contributed by atoms with Gasteiger partial charge in [0.25, 0.3) is 0 Å². The smallest absolute Gasteiger partial charge is 0.306 e. The summed E-state index contributed by atoms with van der Waals surface area (Å²) in [7, 11) is 0. The van der Waals surface area contributed by atoms with Gasteiger partial charge in [-0.1, -0.05) is 242 Å². The van der Waals surface area contributed by atoms with Gasteiger partial charge in [-0.15, -0.1) is 0 Å². The summed E-state index contributed by atoms with van der Waals surface area (Å²) in [5.74, 6) is -0.989. The molecule has 1 atom stereocenters. The van der Waals surface area contributed by atoms with Crippen molar-refractivity contribution in [2.45, 2.75) is 245 Å². The predicted octanol–water partition coefficient (Wildman–Crippen LogP) is 21.1. The lowest BCUT2D eigenvalue weighted by Gasteiger charge is -2.18. The molecule has 6 nitrogen and oxygen atoms in total. The minimum Gasteiger partial charge on any atom is -0.462 e. The summed E-state index contributed by atoms with van der Waals surface area (Å²) in [5.41, 5.74) is 0. The van der Waals surface area contributed by atoms with E-state index in [4.69, 9.17) is 14.2 Å². The first-order valence-electron chi connectivity index (χ1n) is 30.6. The zero-order valence-electron chi connectivity index (χ0n) is 49.1. The Morgan fingerprint density at radius 3 is 0.818 bits per heavy atom. The van der Waals surface area contributed by atoms with Gasteiger partial charge in [-0.05, 0) is 148 Å². The largest absolute Gasteiger partial charge is 0.462 e. The van der Waals surface area contributed by atoms with Crippen molar-refractivity contribution in [1.29, 1.82) is 0 Å². The molecule has 0 aromatic carbocycles. The zero-order chi connectivity index (χ0) is 55.7. The Labute approximate surface area is 472 Å². The first-order chi connectivity index (χ1) is 38.0. The van der Waals surface area contributed by atoms with E-state index in [9.17, 15) is 14.4 Å². The van der Waals surface area contributed by atoms with Crippen LogP contribution in [0.5, 0.6) is 0 Å². The van der Waals surface area contributed by atoms with E-state index >= 15 is 0 Å². The molecule has 0 heterocycles. The molecule has 0 bridgehead atoms. The minimum absolute atomic E-state index is 0.112. The van der Waals surface area contributed by atoms with Gasteiger partial charge in [0, 0.05) is 19.3 Å². The fraction of sp³-hybridized carbons (Fsp3) is 0.563. The van der Waals surface area contributed by atoms with E-state index in [0.717, 1.165) is 167 Å². The molecule has 0 saturated heterocycles. The third-order valence-corrected chi connectivity index (χ3v) is 12.2. The van der Waals surface area contributed by atoms with Crippen molar-refractivity contribution >= 4 is 17.9 Å². The Hall–Kier alpha value is -5.23. The molecule has 0 saturated carbocycles. The number of rotatable bonds is 53. The van der Waals surface area contributed by atoms with Gasteiger partial charge in [-0.3, -0.25) is 14.4 Å². The number of esters is 3. The van der Waals surface area contributed by atoms with E-state index in [1.807, 2.05) is 0 Å². The van der Waals surface area contributed by atoms with E-state index in [2.05, 4.69) is 191 Å². The number of ether oxygens (including phenoxy) is 3. The molecular formula is C71H110O6. The summed E-state index contributed by atoms with van der Waals surface area (Å²) in [4.78, 5) is 38.2. The van der Waals surface area contributed by atoms with Crippen LogP contribution in [-0.2, 0) is 28.6 Å². The third-order valence-electron chi connectivity index (χ3n) is 12.2. The molecular weight excluding hydrogens is 949 g/mol. The first-order valence-corrected chi connectivity index (χ1v) is 30.6. The van der Waals surface area contributed by atoms with Gasteiger partial charge in [0.15, 0.2) is 6.10 Å². The second-order valence-corrected chi connectivity index (χ2v) is 19.5. The molecule has 0 amide bonds. The fourth-order valence-electron chi connectivity index (χ4n) is 7.64. The molecule has 0 rings (SSSR count). The van der Waals surface area contributed by atoms with Gasteiger partial charge < -0.3 is 14.2 Å². The summed E-state index contributed by atoms with van der Waals surface area (Å²) in [6.07, 6.45) is 93.5. The number of carbonyl (C=O) groups excluding carboxylic acids is 3. The lowest BCUT2D eigenvalue weighted by molar-refractivity contribution is -0.167. The van der Waals surface area contributed by atoms with Crippen LogP contribution in [0.3, 0.4) is 0 Å². The molecule has 0 N–H and O–H groups in total. The maximum Gasteiger partial charge on any atom is 0.306 e. The molecule has 1 unspecified atom stereocenters. The quantitative estimate of drug-likeness (QED) is 0.0261. The summed E-state index contributed by atoms with van der Waals surface area (Å²) < 4.78 is 16.8. The predicted molar refractivity (Wildman–Crippen MR) is 334 cm³/mol. The standard InChI is InChI=1S/C71H110O6/c1-4-7-10-13-16-19-22-24-26-28-30-31-32-33-34-35-36-37-38-39-41-42-44-46-49-52-55-58-61-64-70(73)76-67-68(66-75-69(72)63-60-57-54-51-48-21-18-15-12-9-6-3)77-71(74)65-62-59-56-53-50-47-45-43-40-29-27-25-23-20-17-14-11-8-5-2/h7-8,10-11,15-20,24-27,30-31,33-34,36-37,39-41,43-44,46-47,50,68H,4-6,9,12-14,21-23,28-29,32,35,38,42,45,48-49,51-67H2,1-3H3/b10-7-,11-8-,18-15-,19-16-,20-17-,26-24-,27-25-,31-30-,34-33-,37-36-,41-39-,43-40-,46-44-,50-47-.